The number of hydrogen-bond donors (Lipinski definition) is 2. The van der Waals surface area contributed by atoms with Crippen LogP contribution < -0.4 is 0 Å². The summed E-state index contributed by atoms with van der Waals surface area (Å²) in [5.41, 5.74) is 1.66. The molecule has 4 saturated carbocycles. The van der Waals surface area contributed by atoms with Crippen molar-refractivity contribution in [3.63, 3.8) is 0 Å². The fraction of sp³-hybridized carbons (Fsp3) is 0.812. The molecule has 5 rings (SSSR count). The summed E-state index contributed by atoms with van der Waals surface area (Å²) in [7, 11) is 0. The molecular weight excluding hydrogens is 416 g/mol. The van der Waals surface area contributed by atoms with Crippen molar-refractivity contribution in [1.82, 2.24) is 0 Å². The van der Waals surface area contributed by atoms with Crippen molar-refractivity contribution in [2.75, 3.05) is 0 Å². The number of hydrogen-bond acceptors (Lipinski definition) is 2. The van der Waals surface area contributed by atoms with E-state index in [0.29, 0.717) is 23.7 Å². The maximum Gasteiger partial charge on any atom is 0.0571 e. The highest BCUT2D eigenvalue weighted by atomic mass is 16.3. The lowest BCUT2D eigenvalue weighted by Gasteiger charge is -2.53. The average molecular weight is 467 g/mol. The monoisotopic (exact) mass is 466 g/mol. The van der Waals surface area contributed by atoms with Crippen LogP contribution in [-0.4, -0.2) is 22.4 Å². The van der Waals surface area contributed by atoms with Crippen LogP contribution in [0.2, 0.25) is 0 Å². The van der Waals surface area contributed by atoms with E-state index < -0.39 is 0 Å². The van der Waals surface area contributed by atoms with Crippen LogP contribution in [-0.2, 0) is 5.41 Å². The second-order valence-electron chi connectivity index (χ2n) is 12.9. The van der Waals surface area contributed by atoms with E-state index in [4.69, 9.17) is 0 Å². The Labute approximate surface area is 208 Å². The van der Waals surface area contributed by atoms with Gasteiger partial charge in [0.2, 0.25) is 0 Å². The SMILES string of the molecule is CC(c1ccccc1)(C1CCC(O)C(C2CCCCC2)C1)C1CCC(O)C(C2CCCCC2)C1. The fourth-order valence-electron chi connectivity index (χ4n) is 9.21. The molecule has 0 heterocycles. The van der Waals surface area contributed by atoms with Gasteiger partial charge in [-0.2, -0.15) is 0 Å². The molecule has 190 valence electrons. The molecule has 1 aromatic carbocycles. The Balaban J connectivity index is 1.42. The molecule has 0 radical (unpaired) electrons. The van der Waals surface area contributed by atoms with Crippen LogP contribution in [0.4, 0.5) is 0 Å². The Hall–Kier alpha value is -0.860. The zero-order valence-electron chi connectivity index (χ0n) is 21.7. The van der Waals surface area contributed by atoms with Gasteiger partial charge in [-0.05, 0) is 85.0 Å². The van der Waals surface area contributed by atoms with Gasteiger partial charge >= 0.3 is 0 Å². The minimum atomic E-state index is -0.0949. The molecule has 2 N–H and O–H groups in total. The summed E-state index contributed by atoms with van der Waals surface area (Å²) < 4.78 is 0. The first-order valence-electron chi connectivity index (χ1n) is 15.0. The number of aliphatic hydroxyl groups excluding tert-OH is 2. The highest BCUT2D eigenvalue weighted by molar-refractivity contribution is 5.28. The minimum Gasteiger partial charge on any atom is -0.393 e. The number of benzene rings is 1. The third kappa shape index (κ3) is 5.01. The van der Waals surface area contributed by atoms with E-state index in [1.165, 1.54) is 82.6 Å². The highest BCUT2D eigenvalue weighted by Crippen LogP contribution is 2.55. The Morgan fingerprint density at radius 1 is 0.588 bits per heavy atom. The van der Waals surface area contributed by atoms with Crippen LogP contribution in [0.15, 0.2) is 30.3 Å². The minimum absolute atomic E-state index is 0.0949. The van der Waals surface area contributed by atoms with Gasteiger partial charge in [-0.15, -0.1) is 0 Å². The van der Waals surface area contributed by atoms with Crippen LogP contribution in [0.25, 0.3) is 0 Å². The molecule has 0 spiro atoms. The van der Waals surface area contributed by atoms with Crippen molar-refractivity contribution < 1.29 is 10.2 Å². The van der Waals surface area contributed by atoms with E-state index in [2.05, 4.69) is 37.3 Å². The summed E-state index contributed by atoms with van der Waals surface area (Å²) in [6, 6.07) is 11.4. The van der Waals surface area contributed by atoms with Gasteiger partial charge in [0, 0.05) is 0 Å². The standard InChI is InChI=1S/C32H50O2/c1-32(25-15-9-4-10-16-25,26-17-19-30(33)28(21-26)23-11-5-2-6-12-23)27-18-20-31(34)29(22-27)24-13-7-3-8-14-24/h4,9-10,15-16,23-24,26-31,33-34H,2-3,5-8,11-14,17-22H2,1H3. The largest absolute Gasteiger partial charge is 0.393 e. The Morgan fingerprint density at radius 2 is 1.03 bits per heavy atom. The molecular formula is C32H50O2. The molecule has 6 unspecified atom stereocenters. The van der Waals surface area contributed by atoms with Crippen LogP contribution in [0.5, 0.6) is 0 Å². The predicted molar refractivity (Wildman–Crippen MR) is 141 cm³/mol. The Bertz CT molecular complexity index is 706. The summed E-state index contributed by atoms with van der Waals surface area (Å²) in [6.45, 7) is 2.59. The molecule has 34 heavy (non-hydrogen) atoms. The first-order chi connectivity index (χ1) is 16.6. The second-order valence-corrected chi connectivity index (χ2v) is 12.9. The van der Waals surface area contributed by atoms with Crippen molar-refractivity contribution >= 4 is 0 Å². The van der Waals surface area contributed by atoms with Crippen LogP contribution in [0, 0.1) is 35.5 Å². The van der Waals surface area contributed by atoms with Gasteiger partial charge in [-0.25, -0.2) is 0 Å². The molecule has 4 aliphatic carbocycles. The first-order valence-corrected chi connectivity index (χ1v) is 15.0. The van der Waals surface area contributed by atoms with E-state index >= 15 is 0 Å². The van der Waals surface area contributed by atoms with Gasteiger partial charge in [0.15, 0.2) is 0 Å². The fourth-order valence-corrected chi connectivity index (χ4v) is 9.21. The van der Waals surface area contributed by atoms with E-state index in [1.54, 1.807) is 0 Å². The zero-order valence-corrected chi connectivity index (χ0v) is 21.7. The Morgan fingerprint density at radius 3 is 1.47 bits per heavy atom. The lowest BCUT2D eigenvalue weighted by atomic mass is 9.52. The van der Waals surface area contributed by atoms with Crippen molar-refractivity contribution in [1.29, 1.82) is 0 Å². The van der Waals surface area contributed by atoms with Crippen LogP contribution in [0.3, 0.4) is 0 Å². The summed E-state index contributed by atoms with van der Waals surface area (Å²) in [6.07, 6.45) is 20.0. The van der Waals surface area contributed by atoms with Gasteiger partial charge in [-0.3, -0.25) is 0 Å². The van der Waals surface area contributed by atoms with Crippen molar-refractivity contribution in [2.45, 2.75) is 127 Å². The molecule has 2 nitrogen and oxygen atoms in total. The first kappa shape index (κ1) is 24.8. The molecule has 1 aromatic rings. The van der Waals surface area contributed by atoms with Gasteiger partial charge in [0.25, 0.3) is 0 Å². The molecule has 6 atom stereocenters. The molecule has 2 heteroatoms. The zero-order chi connectivity index (χ0) is 23.5. The van der Waals surface area contributed by atoms with Crippen molar-refractivity contribution in [3.8, 4) is 0 Å². The maximum absolute atomic E-state index is 11.1. The predicted octanol–water partition coefficient (Wildman–Crippen LogP) is 7.66. The second kappa shape index (κ2) is 11.0. The topological polar surface area (TPSA) is 40.5 Å². The molecule has 0 amide bonds. The van der Waals surface area contributed by atoms with Crippen LogP contribution >= 0.6 is 0 Å². The molecule has 0 aliphatic heterocycles. The summed E-state index contributed by atoms with van der Waals surface area (Å²) in [4.78, 5) is 0. The van der Waals surface area contributed by atoms with E-state index in [0.717, 1.165) is 37.5 Å². The van der Waals surface area contributed by atoms with Gasteiger partial charge in [0.05, 0.1) is 12.2 Å². The molecule has 4 aliphatic rings. The Kier molecular flexibility index (Phi) is 8.06. The summed E-state index contributed by atoms with van der Waals surface area (Å²) in [5, 5.41) is 22.2. The lowest BCUT2D eigenvalue weighted by Crippen LogP contribution is -2.49. The summed E-state index contributed by atoms with van der Waals surface area (Å²) in [5.74, 6) is 3.72. The van der Waals surface area contributed by atoms with E-state index in [9.17, 15) is 10.2 Å². The van der Waals surface area contributed by atoms with Crippen molar-refractivity contribution in [2.24, 2.45) is 35.5 Å². The normalized spacial score (nSPS) is 38.3. The molecule has 0 aromatic heterocycles. The van der Waals surface area contributed by atoms with Gasteiger partial charge in [-0.1, -0.05) is 101 Å². The lowest BCUT2D eigenvalue weighted by molar-refractivity contribution is -0.0448. The van der Waals surface area contributed by atoms with E-state index in [-0.39, 0.29) is 17.6 Å². The van der Waals surface area contributed by atoms with Crippen molar-refractivity contribution in [3.05, 3.63) is 35.9 Å². The third-order valence-corrected chi connectivity index (χ3v) is 11.3. The van der Waals surface area contributed by atoms with Gasteiger partial charge < -0.3 is 10.2 Å². The smallest absolute Gasteiger partial charge is 0.0571 e. The maximum atomic E-state index is 11.1. The molecule has 0 bridgehead atoms. The number of aliphatic hydroxyl groups is 2. The summed E-state index contributed by atoms with van der Waals surface area (Å²) >= 11 is 0. The highest BCUT2D eigenvalue weighted by Gasteiger charge is 2.49. The molecule has 4 fully saturated rings. The van der Waals surface area contributed by atoms with Crippen LogP contribution in [0.1, 0.15) is 115 Å². The third-order valence-electron chi connectivity index (χ3n) is 11.3. The average Bonchev–Trinajstić information content (AvgIpc) is 2.90. The quantitative estimate of drug-likeness (QED) is 0.467. The van der Waals surface area contributed by atoms with Gasteiger partial charge in [0.1, 0.15) is 0 Å². The number of rotatable bonds is 5. The molecule has 0 saturated heterocycles. The van der Waals surface area contributed by atoms with E-state index in [1.807, 2.05) is 0 Å².